The number of aromatic carboxylic acids is 1. The number of carbonyl (C=O) groups excluding carboxylic acids is 1. The largest absolute Gasteiger partial charge is 0.494 e. The van der Waals surface area contributed by atoms with Gasteiger partial charge >= 0.3 is 12.1 Å². The predicted molar refractivity (Wildman–Crippen MR) is 125 cm³/mol. The van der Waals surface area contributed by atoms with Gasteiger partial charge in [-0.15, -0.1) is 11.3 Å². The highest BCUT2D eigenvalue weighted by Gasteiger charge is 2.30. The van der Waals surface area contributed by atoms with Gasteiger partial charge in [0.1, 0.15) is 5.56 Å². The molecule has 1 aromatic carbocycles. The number of rotatable bonds is 6. The number of fused-ring (bicyclic) bond motifs is 2. The monoisotopic (exact) mass is 468 g/mol. The predicted octanol–water partition coefficient (Wildman–Crippen LogP) is 3.99. The van der Waals surface area contributed by atoms with E-state index >= 15 is 0 Å². The zero-order valence-corrected chi connectivity index (χ0v) is 19.2. The van der Waals surface area contributed by atoms with Crippen LogP contribution in [0, 0.1) is 0 Å². The number of aromatic nitrogens is 1. The van der Waals surface area contributed by atoms with Crippen LogP contribution in [0.1, 0.15) is 46.6 Å². The molecule has 5 rings (SSSR count). The molecule has 2 N–H and O–H groups in total. The molecule has 0 spiro atoms. The number of carboxylic acid groups (broad SMARTS) is 1. The highest BCUT2D eigenvalue weighted by Crippen LogP contribution is 2.45. The average Bonchev–Trinajstić information content (AvgIpc) is 3.44. The van der Waals surface area contributed by atoms with Crippen LogP contribution in [0.15, 0.2) is 29.2 Å². The first-order chi connectivity index (χ1) is 15.9. The van der Waals surface area contributed by atoms with Gasteiger partial charge in [-0.05, 0) is 49.9 Å². The van der Waals surface area contributed by atoms with E-state index in [0.29, 0.717) is 23.3 Å². The molecule has 1 fully saturated rings. The third kappa shape index (κ3) is 3.76. The van der Waals surface area contributed by atoms with Crippen LogP contribution >= 0.6 is 11.3 Å². The van der Waals surface area contributed by atoms with E-state index < -0.39 is 17.5 Å². The average molecular weight is 469 g/mol. The quantitative estimate of drug-likeness (QED) is 0.567. The van der Waals surface area contributed by atoms with E-state index in [0.717, 1.165) is 36.1 Å². The summed E-state index contributed by atoms with van der Waals surface area (Å²) in [5, 5.41) is 12.8. The van der Waals surface area contributed by atoms with Gasteiger partial charge in [-0.1, -0.05) is 0 Å². The molecule has 8 nitrogen and oxygen atoms in total. The van der Waals surface area contributed by atoms with Crippen molar-refractivity contribution in [2.45, 2.75) is 44.7 Å². The van der Waals surface area contributed by atoms with Crippen LogP contribution in [0.2, 0.25) is 0 Å². The second-order valence-corrected chi connectivity index (χ2v) is 9.52. The molecule has 1 atom stereocenters. The number of benzene rings is 1. The number of hydrogen-bond acceptors (Lipinski definition) is 6. The van der Waals surface area contributed by atoms with Gasteiger partial charge in [-0.3, -0.25) is 4.79 Å². The Balaban J connectivity index is 1.55. The molecular weight excluding hydrogens is 444 g/mol. The van der Waals surface area contributed by atoms with Crippen LogP contribution in [-0.2, 0) is 17.6 Å². The van der Waals surface area contributed by atoms with Crippen LogP contribution in [-0.4, -0.2) is 41.5 Å². The van der Waals surface area contributed by atoms with Gasteiger partial charge in [0.15, 0.2) is 5.75 Å². The lowest BCUT2D eigenvalue weighted by molar-refractivity contribution is 0.0694. The molecule has 1 unspecified atom stereocenters. The normalized spacial score (nSPS) is 17.1. The van der Waals surface area contributed by atoms with E-state index in [-0.39, 0.29) is 17.6 Å². The minimum atomic E-state index is -1.22. The molecule has 2 aliphatic rings. The third-order valence-electron chi connectivity index (χ3n) is 6.18. The van der Waals surface area contributed by atoms with Crippen molar-refractivity contribution >= 4 is 34.3 Å². The molecule has 0 aliphatic heterocycles. The second-order valence-electron chi connectivity index (χ2n) is 8.39. The van der Waals surface area contributed by atoms with Crippen molar-refractivity contribution in [1.29, 1.82) is 0 Å². The smallest absolute Gasteiger partial charge is 0.407 e. The van der Waals surface area contributed by atoms with Crippen LogP contribution < -0.4 is 15.5 Å². The minimum Gasteiger partial charge on any atom is -0.494 e. The van der Waals surface area contributed by atoms with Crippen molar-refractivity contribution in [1.82, 2.24) is 9.88 Å². The summed E-state index contributed by atoms with van der Waals surface area (Å²) in [4.78, 5) is 38.5. The number of thiophene rings is 1. The lowest BCUT2D eigenvalue weighted by Crippen LogP contribution is -2.35. The summed E-state index contributed by atoms with van der Waals surface area (Å²) in [6.07, 6.45) is 4.41. The molecule has 0 bridgehead atoms. The zero-order valence-electron chi connectivity index (χ0n) is 18.3. The summed E-state index contributed by atoms with van der Waals surface area (Å²) >= 11 is 1.65. The molecule has 3 aromatic rings. The zero-order chi connectivity index (χ0) is 23.3. The van der Waals surface area contributed by atoms with Crippen molar-refractivity contribution < 1.29 is 24.2 Å². The fraction of sp³-hybridized carbons (Fsp3) is 0.375. The molecule has 1 saturated carbocycles. The second kappa shape index (κ2) is 8.22. The highest BCUT2D eigenvalue weighted by atomic mass is 32.1. The fourth-order valence-electron chi connectivity index (χ4n) is 4.56. The maximum Gasteiger partial charge on any atom is 0.407 e. The Morgan fingerprint density at radius 1 is 1.27 bits per heavy atom. The Kier molecular flexibility index (Phi) is 5.36. The van der Waals surface area contributed by atoms with Gasteiger partial charge in [0.25, 0.3) is 0 Å². The summed E-state index contributed by atoms with van der Waals surface area (Å²) in [6.45, 7) is 2.12. The summed E-state index contributed by atoms with van der Waals surface area (Å²) in [5.41, 5.74) is 1.97. The molecule has 9 heteroatoms. The molecule has 2 aliphatic carbocycles. The number of methoxy groups -OCH3 is 1. The Bertz CT molecular complexity index is 1310. The SMILES string of the molecule is CCOC(=O)NC1Cc2cc(-c3ccc4c(=O)c(C(=O)O)cn(C5CC5)c4c3OC)sc2C1. The van der Waals surface area contributed by atoms with E-state index in [1.54, 1.807) is 31.4 Å². The lowest BCUT2D eigenvalue weighted by atomic mass is 10.0. The van der Waals surface area contributed by atoms with Gasteiger partial charge in [0, 0.05) is 40.0 Å². The number of alkyl carbamates (subject to hydrolysis) is 1. The number of nitrogens with zero attached hydrogens (tertiary/aromatic N) is 1. The number of ether oxygens (including phenoxy) is 2. The topological polar surface area (TPSA) is 107 Å². The summed E-state index contributed by atoms with van der Waals surface area (Å²) < 4.78 is 12.7. The number of amides is 1. The number of hydrogen-bond donors (Lipinski definition) is 2. The van der Waals surface area contributed by atoms with Crippen LogP contribution in [0.3, 0.4) is 0 Å². The highest BCUT2D eigenvalue weighted by molar-refractivity contribution is 7.15. The number of pyridine rings is 1. The fourth-order valence-corrected chi connectivity index (χ4v) is 5.85. The Morgan fingerprint density at radius 2 is 2.06 bits per heavy atom. The van der Waals surface area contributed by atoms with Crippen LogP contribution in [0.25, 0.3) is 21.3 Å². The molecular formula is C24H24N2O6S. The molecule has 33 heavy (non-hydrogen) atoms. The van der Waals surface area contributed by atoms with E-state index in [1.807, 2.05) is 10.6 Å². The molecule has 0 saturated heterocycles. The van der Waals surface area contributed by atoms with Crippen LogP contribution in [0.4, 0.5) is 4.79 Å². The molecule has 2 heterocycles. The first-order valence-corrected chi connectivity index (χ1v) is 11.8. The summed E-state index contributed by atoms with van der Waals surface area (Å²) in [5.74, 6) is -0.644. The number of carboxylic acids is 1. The Morgan fingerprint density at radius 3 is 2.70 bits per heavy atom. The van der Waals surface area contributed by atoms with Crippen molar-refractivity contribution in [3.8, 4) is 16.2 Å². The van der Waals surface area contributed by atoms with E-state index in [2.05, 4.69) is 11.4 Å². The van der Waals surface area contributed by atoms with Gasteiger partial charge < -0.3 is 24.5 Å². The van der Waals surface area contributed by atoms with Crippen molar-refractivity contribution in [2.24, 2.45) is 0 Å². The number of carbonyl (C=O) groups is 2. The van der Waals surface area contributed by atoms with Crippen molar-refractivity contribution in [2.75, 3.05) is 13.7 Å². The summed E-state index contributed by atoms with van der Waals surface area (Å²) in [6, 6.07) is 5.84. The van der Waals surface area contributed by atoms with Gasteiger partial charge in [-0.2, -0.15) is 0 Å². The van der Waals surface area contributed by atoms with E-state index in [1.165, 1.54) is 16.6 Å². The lowest BCUT2D eigenvalue weighted by Gasteiger charge is -2.17. The molecule has 2 aromatic heterocycles. The van der Waals surface area contributed by atoms with Crippen molar-refractivity contribution in [3.05, 3.63) is 50.6 Å². The molecule has 0 radical (unpaired) electrons. The minimum absolute atomic E-state index is 0.0207. The Hall–Kier alpha value is -3.33. The molecule has 172 valence electrons. The van der Waals surface area contributed by atoms with E-state index in [9.17, 15) is 19.5 Å². The maximum atomic E-state index is 12.9. The third-order valence-corrected chi connectivity index (χ3v) is 7.41. The number of nitrogens with one attached hydrogen (secondary N) is 1. The van der Waals surface area contributed by atoms with E-state index in [4.69, 9.17) is 9.47 Å². The van der Waals surface area contributed by atoms with Crippen molar-refractivity contribution in [3.63, 3.8) is 0 Å². The standard InChI is InChI=1S/C24H24N2O6S/c1-3-32-24(30)25-13-8-12-9-19(33-18(12)10-13)15-6-7-16-20(22(15)31-2)26(14-4-5-14)11-17(21(16)27)23(28)29/h6-7,9,11,13-14H,3-5,8,10H2,1-2H3,(H,25,30)(H,28,29). The first kappa shape index (κ1) is 21.5. The van der Waals surface area contributed by atoms with Gasteiger partial charge in [0.2, 0.25) is 5.43 Å². The maximum absolute atomic E-state index is 12.9. The van der Waals surface area contributed by atoms with Gasteiger partial charge in [0.05, 0.1) is 24.6 Å². The molecule has 1 amide bonds. The van der Waals surface area contributed by atoms with Crippen LogP contribution in [0.5, 0.6) is 5.75 Å². The van der Waals surface area contributed by atoms with Gasteiger partial charge in [-0.25, -0.2) is 9.59 Å². The summed E-state index contributed by atoms with van der Waals surface area (Å²) in [7, 11) is 1.58. The first-order valence-electron chi connectivity index (χ1n) is 11.0. The Labute approximate surface area is 193 Å².